The predicted molar refractivity (Wildman–Crippen MR) is 115 cm³/mol. The number of hydrogen-bond donors (Lipinski definition) is 1. The van der Waals surface area contributed by atoms with Crippen molar-refractivity contribution >= 4 is 50.9 Å². The lowest BCUT2D eigenvalue weighted by atomic mass is 10.1. The molecule has 0 saturated heterocycles. The molecular formula is C20H21Cl2NO6S. The zero-order valence-electron chi connectivity index (χ0n) is 16.7. The lowest BCUT2D eigenvalue weighted by Crippen LogP contribution is -2.18. The number of hydrogen-bond acceptors (Lipinski definition) is 6. The Morgan fingerprint density at radius 1 is 0.867 bits per heavy atom. The molecule has 0 fully saturated rings. The van der Waals surface area contributed by atoms with E-state index in [0.29, 0.717) is 0 Å². The Kier molecular flexibility index (Phi) is 7.74. The minimum absolute atomic E-state index is 0.0169. The second-order valence-corrected chi connectivity index (χ2v) is 9.38. The number of sulfonamides is 1. The molecule has 0 unspecified atom stereocenters. The fraction of sp³-hybridized carbons (Fsp3) is 0.300. The van der Waals surface area contributed by atoms with Gasteiger partial charge in [-0.15, -0.1) is 0 Å². The van der Waals surface area contributed by atoms with E-state index >= 15 is 0 Å². The molecule has 0 aliphatic carbocycles. The standard InChI is InChI=1S/C20H21Cl2NO6S/c1-11(2)28-19(24)13-7-14(20(25)29-12(3)4)9-16(8-13)23-30(26,27)18-10-15(21)5-6-17(18)22/h5-12,23H,1-4H3. The summed E-state index contributed by atoms with van der Waals surface area (Å²) in [5, 5.41) is 0.136. The smallest absolute Gasteiger partial charge is 0.338 e. The number of carbonyl (C=O) groups is 2. The summed E-state index contributed by atoms with van der Waals surface area (Å²) in [5.41, 5.74) is -0.0754. The first-order valence-corrected chi connectivity index (χ1v) is 11.2. The van der Waals surface area contributed by atoms with Crippen LogP contribution >= 0.6 is 23.2 Å². The van der Waals surface area contributed by atoms with E-state index in [0.717, 1.165) is 0 Å². The van der Waals surface area contributed by atoms with E-state index in [1.54, 1.807) is 27.7 Å². The second kappa shape index (κ2) is 9.68. The molecule has 0 amide bonds. The third kappa shape index (κ3) is 6.35. The molecular weight excluding hydrogens is 453 g/mol. The Morgan fingerprint density at radius 3 is 1.83 bits per heavy atom. The highest BCUT2D eigenvalue weighted by molar-refractivity contribution is 7.92. The Hall–Kier alpha value is -2.29. The summed E-state index contributed by atoms with van der Waals surface area (Å²) in [6.07, 6.45) is -0.816. The summed E-state index contributed by atoms with van der Waals surface area (Å²) >= 11 is 11.9. The van der Waals surface area contributed by atoms with Crippen molar-refractivity contribution in [1.29, 1.82) is 0 Å². The maximum atomic E-state index is 12.8. The highest BCUT2D eigenvalue weighted by Crippen LogP contribution is 2.28. The highest BCUT2D eigenvalue weighted by atomic mass is 35.5. The lowest BCUT2D eigenvalue weighted by Gasteiger charge is -2.14. The summed E-state index contributed by atoms with van der Waals surface area (Å²) in [6, 6.07) is 7.78. The second-order valence-electron chi connectivity index (χ2n) is 6.89. The first-order chi connectivity index (χ1) is 13.9. The maximum Gasteiger partial charge on any atom is 0.338 e. The van der Waals surface area contributed by atoms with Crippen LogP contribution in [-0.2, 0) is 19.5 Å². The van der Waals surface area contributed by atoms with Crippen molar-refractivity contribution in [2.45, 2.75) is 44.8 Å². The highest BCUT2D eigenvalue weighted by Gasteiger charge is 2.22. The summed E-state index contributed by atoms with van der Waals surface area (Å²) in [7, 11) is -4.17. The van der Waals surface area contributed by atoms with Gasteiger partial charge in [0.05, 0.1) is 34.0 Å². The minimum Gasteiger partial charge on any atom is -0.459 e. The molecule has 162 valence electrons. The lowest BCUT2D eigenvalue weighted by molar-refractivity contribution is 0.0377. The van der Waals surface area contributed by atoms with Crippen molar-refractivity contribution in [3.05, 3.63) is 57.6 Å². The van der Waals surface area contributed by atoms with E-state index in [1.165, 1.54) is 36.4 Å². The topological polar surface area (TPSA) is 98.8 Å². The van der Waals surface area contributed by atoms with E-state index < -0.39 is 34.2 Å². The molecule has 0 spiro atoms. The average Bonchev–Trinajstić information content (AvgIpc) is 2.61. The zero-order chi connectivity index (χ0) is 22.6. The molecule has 0 radical (unpaired) electrons. The van der Waals surface area contributed by atoms with Gasteiger partial charge < -0.3 is 9.47 Å². The third-order valence-corrected chi connectivity index (χ3v) is 5.62. The van der Waals surface area contributed by atoms with E-state index in [-0.39, 0.29) is 31.8 Å². The summed E-state index contributed by atoms with van der Waals surface area (Å²) in [6.45, 7) is 6.66. The molecule has 0 aliphatic heterocycles. The number of esters is 2. The van der Waals surface area contributed by atoms with Gasteiger partial charge in [0.2, 0.25) is 0 Å². The van der Waals surface area contributed by atoms with E-state index in [1.807, 2.05) is 0 Å². The van der Waals surface area contributed by atoms with Gasteiger partial charge in [-0.1, -0.05) is 23.2 Å². The molecule has 30 heavy (non-hydrogen) atoms. The first-order valence-electron chi connectivity index (χ1n) is 8.94. The van der Waals surface area contributed by atoms with E-state index in [4.69, 9.17) is 32.7 Å². The average molecular weight is 474 g/mol. The largest absolute Gasteiger partial charge is 0.459 e. The molecule has 2 aromatic carbocycles. The van der Waals surface area contributed by atoms with Crippen LogP contribution < -0.4 is 4.72 Å². The molecule has 1 N–H and O–H groups in total. The van der Waals surface area contributed by atoms with Crippen molar-refractivity contribution in [2.75, 3.05) is 4.72 Å². The number of halogens is 2. The van der Waals surface area contributed by atoms with E-state index in [2.05, 4.69) is 4.72 Å². The minimum atomic E-state index is -4.17. The van der Waals surface area contributed by atoms with Gasteiger partial charge in [0.15, 0.2) is 0 Å². The van der Waals surface area contributed by atoms with Gasteiger partial charge in [0.25, 0.3) is 10.0 Å². The zero-order valence-corrected chi connectivity index (χ0v) is 19.1. The Bertz CT molecular complexity index is 1030. The molecule has 0 saturated carbocycles. The van der Waals surface area contributed by atoms with Crippen LogP contribution in [0, 0.1) is 0 Å². The fourth-order valence-electron chi connectivity index (χ4n) is 2.38. The molecule has 7 nitrogen and oxygen atoms in total. The van der Waals surface area contributed by atoms with Crippen LogP contribution in [0.15, 0.2) is 41.3 Å². The molecule has 0 aliphatic rings. The van der Waals surface area contributed by atoms with Gasteiger partial charge in [-0.05, 0) is 64.1 Å². The number of rotatable bonds is 7. The van der Waals surface area contributed by atoms with Gasteiger partial charge in [-0.25, -0.2) is 18.0 Å². The van der Waals surface area contributed by atoms with Crippen LogP contribution in [0.1, 0.15) is 48.4 Å². The quantitative estimate of drug-likeness (QED) is 0.572. The third-order valence-electron chi connectivity index (χ3n) is 3.52. The van der Waals surface area contributed by atoms with Gasteiger partial charge in [0.1, 0.15) is 4.90 Å². The van der Waals surface area contributed by atoms with Gasteiger partial charge in [0, 0.05) is 5.02 Å². The molecule has 2 aromatic rings. The van der Waals surface area contributed by atoms with Crippen LogP contribution in [0.25, 0.3) is 0 Å². The van der Waals surface area contributed by atoms with Crippen molar-refractivity contribution in [2.24, 2.45) is 0 Å². The molecule has 0 heterocycles. The summed E-state index contributed by atoms with van der Waals surface area (Å²) in [5.74, 6) is -1.43. The molecule has 10 heteroatoms. The van der Waals surface area contributed by atoms with Gasteiger partial charge in [-0.2, -0.15) is 0 Å². The molecule has 0 aromatic heterocycles. The molecule has 0 atom stereocenters. The predicted octanol–water partition coefficient (Wildman–Crippen LogP) is 4.92. The Labute approximate surface area is 185 Å². The number of carbonyl (C=O) groups excluding carboxylic acids is 2. The van der Waals surface area contributed by atoms with Gasteiger partial charge in [-0.3, -0.25) is 4.72 Å². The number of anilines is 1. The van der Waals surface area contributed by atoms with E-state index in [9.17, 15) is 18.0 Å². The summed E-state index contributed by atoms with van der Waals surface area (Å²) < 4.78 is 38.2. The Morgan fingerprint density at radius 2 is 1.37 bits per heavy atom. The first kappa shape index (κ1) is 24.0. The van der Waals surface area contributed by atoms with Crippen molar-refractivity contribution in [1.82, 2.24) is 0 Å². The molecule has 2 rings (SSSR count). The normalized spacial score (nSPS) is 11.5. The van der Waals surface area contributed by atoms with Crippen LogP contribution in [0.5, 0.6) is 0 Å². The fourth-order valence-corrected chi connectivity index (χ4v) is 4.18. The van der Waals surface area contributed by atoms with Crippen LogP contribution in [0.2, 0.25) is 10.0 Å². The van der Waals surface area contributed by atoms with Crippen LogP contribution in [-0.4, -0.2) is 32.6 Å². The summed E-state index contributed by atoms with van der Waals surface area (Å²) in [4.78, 5) is 24.4. The maximum absolute atomic E-state index is 12.8. The number of benzene rings is 2. The monoisotopic (exact) mass is 473 g/mol. The van der Waals surface area contributed by atoms with Crippen LogP contribution in [0.4, 0.5) is 5.69 Å². The van der Waals surface area contributed by atoms with Crippen LogP contribution in [0.3, 0.4) is 0 Å². The van der Waals surface area contributed by atoms with Crippen molar-refractivity contribution in [3.63, 3.8) is 0 Å². The Balaban J connectivity index is 2.50. The number of ether oxygens (including phenoxy) is 2. The van der Waals surface area contributed by atoms with Crippen molar-refractivity contribution < 1.29 is 27.5 Å². The molecule has 0 bridgehead atoms. The van der Waals surface area contributed by atoms with Crippen molar-refractivity contribution in [3.8, 4) is 0 Å². The van der Waals surface area contributed by atoms with Gasteiger partial charge >= 0.3 is 11.9 Å². The SMILES string of the molecule is CC(C)OC(=O)c1cc(NS(=O)(=O)c2cc(Cl)ccc2Cl)cc(C(=O)OC(C)C)c1. The number of nitrogens with one attached hydrogen (secondary N) is 1.